The van der Waals surface area contributed by atoms with Gasteiger partial charge in [-0.25, -0.2) is 0 Å². The highest BCUT2D eigenvalue weighted by Gasteiger charge is 2.38. The van der Waals surface area contributed by atoms with Gasteiger partial charge in [-0.1, -0.05) is 32.6 Å². The van der Waals surface area contributed by atoms with Crippen molar-refractivity contribution in [2.45, 2.75) is 63.8 Å². The van der Waals surface area contributed by atoms with Crippen LogP contribution in [0.4, 0.5) is 0 Å². The van der Waals surface area contributed by atoms with Crippen LogP contribution in [-0.2, 0) is 10.2 Å². The zero-order valence-electron chi connectivity index (χ0n) is 12.3. The van der Waals surface area contributed by atoms with E-state index in [2.05, 4.69) is 17.7 Å². The molecule has 2 aliphatic rings. The predicted molar refractivity (Wildman–Crippen MR) is 78.1 cm³/mol. The number of hydrogen-bond donors (Lipinski definition) is 1. The summed E-state index contributed by atoms with van der Waals surface area (Å²) in [6.45, 7) is 3.29. The van der Waals surface area contributed by atoms with Crippen molar-refractivity contribution in [1.82, 2.24) is 9.03 Å². The Labute approximate surface area is 122 Å². The first-order valence-corrected chi connectivity index (χ1v) is 9.12. The van der Waals surface area contributed by atoms with E-state index < -0.39 is 15.7 Å². The number of nitrogens with zero attached hydrogens (tertiary/aromatic N) is 2. The fraction of sp³-hybridized carbons (Fsp3) is 0.929. The second kappa shape index (κ2) is 6.42. The smallest absolute Gasteiger partial charge is 0.196 e. The van der Waals surface area contributed by atoms with Crippen LogP contribution in [0, 0.1) is 17.2 Å². The summed E-state index contributed by atoms with van der Waals surface area (Å²) in [5.74, 6) is 0.587. The van der Waals surface area contributed by atoms with Crippen molar-refractivity contribution < 1.29 is 8.42 Å². The lowest BCUT2D eigenvalue weighted by molar-refractivity contribution is 0.278. The van der Waals surface area contributed by atoms with Crippen LogP contribution in [0.2, 0.25) is 0 Å². The van der Waals surface area contributed by atoms with Crippen molar-refractivity contribution in [3.8, 4) is 6.07 Å². The van der Waals surface area contributed by atoms with E-state index in [1.807, 2.05) is 0 Å². The highest BCUT2D eigenvalue weighted by atomic mass is 32.2. The molecule has 2 rings (SSSR count). The quantitative estimate of drug-likeness (QED) is 0.812. The molecule has 0 atom stereocenters. The Morgan fingerprint density at radius 1 is 1.15 bits per heavy atom. The van der Waals surface area contributed by atoms with Crippen LogP contribution in [0.5, 0.6) is 0 Å². The molecule has 0 spiro atoms. The van der Waals surface area contributed by atoms with Crippen molar-refractivity contribution >= 4 is 10.2 Å². The highest BCUT2D eigenvalue weighted by molar-refractivity contribution is 7.87. The van der Waals surface area contributed by atoms with E-state index in [1.54, 1.807) is 0 Å². The zero-order chi connectivity index (χ0) is 14.6. The van der Waals surface area contributed by atoms with Gasteiger partial charge >= 0.3 is 0 Å². The number of piperidine rings is 1. The van der Waals surface area contributed by atoms with Gasteiger partial charge in [0.2, 0.25) is 0 Å². The largest absolute Gasteiger partial charge is 0.280 e. The van der Waals surface area contributed by atoms with Gasteiger partial charge in [-0.3, -0.25) is 0 Å². The lowest BCUT2D eigenvalue weighted by Crippen LogP contribution is -2.54. The minimum absolute atomic E-state index is 0.567. The molecule has 6 heteroatoms. The van der Waals surface area contributed by atoms with Gasteiger partial charge < -0.3 is 0 Å². The van der Waals surface area contributed by atoms with Crippen LogP contribution >= 0.6 is 0 Å². The second-order valence-electron chi connectivity index (χ2n) is 6.30. The summed E-state index contributed by atoms with van der Waals surface area (Å²) >= 11 is 0. The van der Waals surface area contributed by atoms with Crippen LogP contribution < -0.4 is 4.72 Å². The van der Waals surface area contributed by atoms with Crippen LogP contribution in [0.3, 0.4) is 0 Å². The molecule has 0 aromatic heterocycles. The Bertz CT molecular complexity index is 453. The number of rotatable bonds is 3. The minimum Gasteiger partial charge on any atom is -0.196 e. The molecule has 1 heterocycles. The van der Waals surface area contributed by atoms with Gasteiger partial charge in [0.15, 0.2) is 0 Å². The van der Waals surface area contributed by atoms with E-state index in [0.717, 1.165) is 38.5 Å². The normalized spacial score (nSPS) is 25.8. The van der Waals surface area contributed by atoms with E-state index in [1.165, 1.54) is 4.31 Å². The topological polar surface area (TPSA) is 73.2 Å². The molecule has 1 aliphatic carbocycles. The summed E-state index contributed by atoms with van der Waals surface area (Å²) in [6, 6.07) is 2.24. The van der Waals surface area contributed by atoms with Crippen LogP contribution in [-0.4, -0.2) is 31.4 Å². The van der Waals surface area contributed by atoms with Gasteiger partial charge in [0.25, 0.3) is 10.2 Å². The van der Waals surface area contributed by atoms with Gasteiger partial charge in [0.1, 0.15) is 5.54 Å². The Kier molecular flexibility index (Phi) is 5.05. The first-order chi connectivity index (χ1) is 9.47. The summed E-state index contributed by atoms with van der Waals surface area (Å²) in [5.41, 5.74) is -0.890. The van der Waals surface area contributed by atoms with Crippen molar-refractivity contribution in [3.63, 3.8) is 0 Å². The average molecular weight is 299 g/mol. The van der Waals surface area contributed by atoms with E-state index in [-0.39, 0.29) is 0 Å². The van der Waals surface area contributed by atoms with E-state index >= 15 is 0 Å². The molecule has 0 aromatic rings. The van der Waals surface area contributed by atoms with Crippen molar-refractivity contribution in [3.05, 3.63) is 0 Å². The molecule has 1 N–H and O–H groups in total. The number of hydrogen-bond acceptors (Lipinski definition) is 3. The molecular weight excluding hydrogens is 274 g/mol. The molecule has 0 radical (unpaired) electrons. The van der Waals surface area contributed by atoms with Crippen molar-refractivity contribution in [1.29, 1.82) is 5.26 Å². The molecule has 5 nitrogen and oxygen atoms in total. The third-order valence-corrected chi connectivity index (χ3v) is 6.27. The second-order valence-corrected chi connectivity index (χ2v) is 7.97. The summed E-state index contributed by atoms with van der Waals surface area (Å²) in [4.78, 5) is 0. The third-order valence-electron chi connectivity index (χ3n) is 4.58. The summed E-state index contributed by atoms with van der Waals surface area (Å²) in [6.07, 6.45) is 7.10. The molecule has 1 aliphatic heterocycles. The van der Waals surface area contributed by atoms with Gasteiger partial charge in [-0.05, 0) is 31.6 Å². The van der Waals surface area contributed by atoms with Crippen LogP contribution in [0.1, 0.15) is 58.3 Å². The molecule has 0 amide bonds. The fourth-order valence-corrected chi connectivity index (χ4v) is 4.67. The maximum Gasteiger partial charge on any atom is 0.280 e. The average Bonchev–Trinajstić information content (AvgIpc) is 2.65. The highest BCUT2D eigenvalue weighted by Crippen LogP contribution is 2.28. The fourth-order valence-electron chi connectivity index (χ4n) is 3.11. The molecule has 2 fully saturated rings. The van der Waals surface area contributed by atoms with Gasteiger partial charge in [0, 0.05) is 13.1 Å². The van der Waals surface area contributed by atoms with Crippen molar-refractivity contribution in [2.75, 3.05) is 13.1 Å². The summed E-state index contributed by atoms with van der Waals surface area (Å²) in [5, 5.41) is 9.47. The molecular formula is C14H25N3O2S. The SMILES string of the molecule is CC1CCN(S(=O)(=O)NC2(C#N)CCCCCC2)CC1. The molecule has 0 bridgehead atoms. The predicted octanol–water partition coefficient (Wildman–Crippen LogP) is 2.17. The van der Waals surface area contributed by atoms with Gasteiger partial charge in [-0.2, -0.15) is 22.7 Å². The molecule has 0 unspecified atom stereocenters. The molecule has 1 saturated heterocycles. The standard InChI is InChI=1S/C14H25N3O2S/c1-13-6-10-17(11-7-13)20(18,19)16-14(12-15)8-4-2-3-5-9-14/h13,16H,2-11H2,1H3. The molecule has 20 heavy (non-hydrogen) atoms. The Morgan fingerprint density at radius 3 is 2.20 bits per heavy atom. The van der Waals surface area contributed by atoms with Gasteiger partial charge in [-0.15, -0.1) is 0 Å². The third kappa shape index (κ3) is 3.72. The van der Waals surface area contributed by atoms with Crippen LogP contribution in [0.15, 0.2) is 0 Å². The summed E-state index contributed by atoms with van der Waals surface area (Å²) < 4.78 is 29.2. The van der Waals surface area contributed by atoms with E-state index in [4.69, 9.17) is 0 Å². The lowest BCUT2D eigenvalue weighted by atomic mass is 9.94. The Hall–Kier alpha value is -0.640. The molecule has 1 saturated carbocycles. The Morgan fingerprint density at radius 2 is 1.70 bits per heavy atom. The van der Waals surface area contributed by atoms with Crippen LogP contribution in [0.25, 0.3) is 0 Å². The first-order valence-electron chi connectivity index (χ1n) is 7.68. The van der Waals surface area contributed by atoms with Gasteiger partial charge in [0.05, 0.1) is 6.07 Å². The maximum absolute atomic E-state index is 12.5. The number of nitrogens with one attached hydrogen (secondary N) is 1. The van der Waals surface area contributed by atoms with E-state index in [9.17, 15) is 13.7 Å². The minimum atomic E-state index is -3.53. The summed E-state index contributed by atoms with van der Waals surface area (Å²) in [7, 11) is -3.53. The zero-order valence-corrected chi connectivity index (χ0v) is 13.1. The monoisotopic (exact) mass is 299 g/mol. The first kappa shape index (κ1) is 15.7. The maximum atomic E-state index is 12.5. The molecule has 0 aromatic carbocycles. The Balaban J connectivity index is 2.07. The molecule has 114 valence electrons. The van der Waals surface area contributed by atoms with E-state index in [0.29, 0.717) is 31.8 Å². The number of nitriles is 1. The lowest BCUT2D eigenvalue weighted by Gasteiger charge is -2.33. The van der Waals surface area contributed by atoms with Crippen molar-refractivity contribution in [2.24, 2.45) is 5.92 Å².